The van der Waals surface area contributed by atoms with Crippen LogP contribution in [0.4, 0.5) is 0 Å². The lowest BCUT2D eigenvalue weighted by Gasteiger charge is -2.35. The number of nitrogens with one attached hydrogen (secondary N) is 1. The van der Waals surface area contributed by atoms with Crippen molar-refractivity contribution in [3.05, 3.63) is 29.8 Å². The van der Waals surface area contributed by atoms with Gasteiger partial charge in [0.15, 0.2) is 0 Å². The second-order valence-electron chi connectivity index (χ2n) is 6.62. The van der Waals surface area contributed by atoms with Gasteiger partial charge in [-0.05, 0) is 50.0 Å². The van der Waals surface area contributed by atoms with Gasteiger partial charge in [-0.25, -0.2) is 0 Å². The molecule has 6 heteroatoms. The first-order valence-electron chi connectivity index (χ1n) is 8.70. The van der Waals surface area contributed by atoms with Crippen LogP contribution in [-0.2, 0) is 4.79 Å². The molecular weight excluding hydrogens is 306 g/mol. The number of amides is 2. The SMILES string of the molecule is O=C(CCC1CCNC1)N1CCN(C(=O)c2cccc(O)c2)CC1. The fraction of sp³-hybridized carbons (Fsp3) is 0.556. The summed E-state index contributed by atoms with van der Waals surface area (Å²) in [6.07, 6.45) is 2.72. The Labute approximate surface area is 142 Å². The normalized spacial score (nSPS) is 21.1. The summed E-state index contributed by atoms with van der Waals surface area (Å²) in [7, 11) is 0. The van der Waals surface area contributed by atoms with Gasteiger partial charge in [0.25, 0.3) is 5.91 Å². The van der Waals surface area contributed by atoms with E-state index in [4.69, 9.17) is 0 Å². The number of hydrogen-bond donors (Lipinski definition) is 2. The van der Waals surface area contributed by atoms with E-state index in [9.17, 15) is 14.7 Å². The maximum absolute atomic E-state index is 12.4. The summed E-state index contributed by atoms with van der Waals surface area (Å²) in [5.41, 5.74) is 0.489. The summed E-state index contributed by atoms with van der Waals surface area (Å²) in [4.78, 5) is 28.4. The van der Waals surface area contributed by atoms with Crippen LogP contribution in [0.2, 0.25) is 0 Å². The van der Waals surface area contributed by atoms with E-state index < -0.39 is 0 Å². The van der Waals surface area contributed by atoms with Crippen molar-refractivity contribution in [3.8, 4) is 5.75 Å². The minimum absolute atomic E-state index is 0.0879. The van der Waals surface area contributed by atoms with Gasteiger partial charge < -0.3 is 20.2 Å². The molecule has 0 radical (unpaired) electrons. The molecule has 2 aliphatic rings. The Morgan fingerprint density at radius 1 is 1.17 bits per heavy atom. The molecule has 1 atom stereocenters. The topological polar surface area (TPSA) is 72.9 Å². The molecule has 24 heavy (non-hydrogen) atoms. The number of hydrogen-bond acceptors (Lipinski definition) is 4. The van der Waals surface area contributed by atoms with E-state index in [-0.39, 0.29) is 17.6 Å². The van der Waals surface area contributed by atoms with Crippen LogP contribution in [0.3, 0.4) is 0 Å². The first-order valence-corrected chi connectivity index (χ1v) is 8.70. The van der Waals surface area contributed by atoms with Crippen molar-refractivity contribution in [1.29, 1.82) is 0 Å². The van der Waals surface area contributed by atoms with E-state index in [0.29, 0.717) is 44.1 Å². The Morgan fingerprint density at radius 3 is 2.58 bits per heavy atom. The molecule has 0 aliphatic carbocycles. The average Bonchev–Trinajstić information content (AvgIpc) is 3.13. The summed E-state index contributed by atoms with van der Waals surface area (Å²) in [6, 6.07) is 6.40. The van der Waals surface area contributed by atoms with E-state index in [2.05, 4.69) is 5.32 Å². The lowest BCUT2D eigenvalue weighted by Crippen LogP contribution is -2.50. The van der Waals surface area contributed by atoms with E-state index in [0.717, 1.165) is 19.5 Å². The quantitative estimate of drug-likeness (QED) is 0.865. The molecule has 1 aromatic rings. The van der Waals surface area contributed by atoms with E-state index >= 15 is 0 Å². The molecule has 6 nitrogen and oxygen atoms in total. The lowest BCUT2D eigenvalue weighted by atomic mass is 10.0. The van der Waals surface area contributed by atoms with Gasteiger partial charge in [-0.1, -0.05) is 6.07 Å². The van der Waals surface area contributed by atoms with Crippen molar-refractivity contribution in [1.82, 2.24) is 15.1 Å². The summed E-state index contributed by atoms with van der Waals surface area (Å²) >= 11 is 0. The molecule has 1 unspecified atom stereocenters. The molecule has 1 aromatic carbocycles. The summed E-state index contributed by atoms with van der Waals surface area (Å²) < 4.78 is 0. The number of carbonyl (C=O) groups excluding carboxylic acids is 2. The fourth-order valence-corrected chi connectivity index (χ4v) is 3.43. The number of nitrogens with zero attached hydrogens (tertiary/aromatic N) is 2. The monoisotopic (exact) mass is 331 g/mol. The van der Waals surface area contributed by atoms with Gasteiger partial charge >= 0.3 is 0 Å². The molecule has 0 aromatic heterocycles. The zero-order valence-electron chi connectivity index (χ0n) is 13.9. The molecule has 0 spiro atoms. The van der Waals surface area contributed by atoms with Crippen LogP contribution in [0.5, 0.6) is 5.75 Å². The third-order valence-electron chi connectivity index (χ3n) is 4.94. The number of carbonyl (C=O) groups is 2. The van der Waals surface area contributed by atoms with Crippen LogP contribution in [0.25, 0.3) is 0 Å². The average molecular weight is 331 g/mol. The molecule has 2 fully saturated rings. The number of phenols is 1. The van der Waals surface area contributed by atoms with Crippen molar-refractivity contribution < 1.29 is 14.7 Å². The van der Waals surface area contributed by atoms with Gasteiger partial charge in [0.1, 0.15) is 5.75 Å². The van der Waals surface area contributed by atoms with E-state index in [1.54, 1.807) is 23.1 Å². The Balaban J connectivity index is 1.46. The molecule has 2 aliphatic heterocycles. The first-order chi connectivity index (χ1) is 11.6. The Bertz CT molecular complexity index is 591. The van der Waals surface area contributed by atoms with Crippen LogP contribution in [0.1, 0.15) is 29.6 Å². The van der Waals surface area contributed by atoms with Crippen molar-refractivity contribution in [2.75, 3.05) is 39.3 Å². The molecule has 0 bridgehead atoms. The zero-order chi connectivity index (χ0) is 16.9. The van der Waals surface area contributed by atoms with Gasteiger partial charge in [0, 0.05) is 38.2 Å². The van der Waals surface area contributed by atoms with Gasteiger partial charge in [0.05, 0.1) is 0 Å². The van der Waals surface area contributed by atoms with Crippen molar-refractivity contribution in [3.63, 3.8) is 0 Å². The molecule has 2 amide bonds. The maximum atomic E-state index is 12.4. The predicted octanol–water partition coefficient (Wildman–Crippen LogP) is 1.07. The highest BCUT2D eigenvalue weighted by atomic mass is 16.3. The van der Waals surface area contributed by atoms with Crippen LogP contribution in [-0.4, -0.2) is 66.0 Å². The van der Waals surface area contributed by atoms with Crippen molar-refractivity contribution in [2.45, 2.75) is 19.3 Å². The van der Waals surface area contributed by atoms with Crippen molar-refractivity contribution in [2.24, 2.45) is 5.92 Å². The molecule has 2 saturated heterocycles. The Hall–Kier alpha value is -2.08. The summed E-state index contributed by atoms with van der Waals surface area (Å²) in [6.45, 7) is 4.36. The largest absolute Gasteiger partial charge is 0.508 e. The molecule has 130 valence electrons. The van der Waals surface area contributed by atoms with Crippen LogP contribution >= 0.6 is 0 Å². The minimum atomic E-state index is -0.0879. The third kappa shape index (κ3) is 4.06. The highest BCUT2D eigenvalue weighted by Crippen LogP contribution is 2.17. The minimum Gasteiger partial charge on any atom is -0.508 e. The van der Waals surface area contributed by atoms with Gasteiger partial charge in [-0.3, -0.25) is 9.59 Å². The first kappa shape index (κ1) is 16.8. The van der Waals surface area contributed by atoms with Crippen LogP contribution in [0, 0.1) is 5.92 Å². The molecule has 0 saturated carbocycles. The Kier molecular flexibility index (Phi) is 5.35. The lowest BCUT2D eigenvalue weighted by molar-refractivity contribution is -0.132. The molecular formula is C18H25N3O3. The summed E-state index contributed by atoms with van der Waals surface area (Å²) in [5, 5.41) is 12.8. The standard InChI is InChI=1S/C18H25N3O3/c22-16-3-1-2-15(12-16)18(24)21-10-8-20(9-11-21)17(23)5-4-14-6-7-19-13-14/h1-3,12,14,19,22H,4-11,13H2. The van der Waals surface area contributed by atoms with Gasteiger partial charge in [-0.15, -0.1) is 0 Å². The summed E-state index contributed by atoms with van der Waals surface area (Å²) in [5.74, 6) is 0.833. The zero-order valence-corrected chi connectivity index (χ0v) is 13.9. The number of rotatable bonds is 4. The smallest absolute Gasteiger partial charge is 0.254 e. The highest BCUT2D eigenvalue weighted by Gasteiger charge is 2.25. The third-order valence-corrected chi connectivity index (χ3v) is 4.94. The van der Waals surface area contributed by atoms with E-state index in [1.165, 1.54) is 12.5 Å². The number of phenolic OH excluding ortho intramolecular Hbond substituents is 1. The van der Waals surface area contributed by atoms with Gasteiger partial charge in [-0.2, -0.15) is 0 Å². The molecule has 3 rings (SSSR count). The Morgan fingerprint density at radius 2 is 1.92 bits per heavy atom. The number of aromatic hydroxyl groups is 1. The van der Waals surface area contributed by atoms with Crippen LogP contribution in [0.15, 0.2) is 24.3 Å². The number of benzene rings is 1. The van der Waals surface area contributed by atoms with E-state index in [1.807, 2.05) is 4.90 Å². The van der Waals surface area contributed by atoms with Crippen molar-refractivity contribution >= 4 is 11.8 Å². The molecule has 2 heterocycles. The molecule has 2 N–H and O–H groups in total. The highest BCUT2D eigenvalue weighted by molar-refractivity contribution is 5.94. The van der Waals surface area contributed by atoms with Crippen LogP contribution < -0.4 is 5.32 Å². The maximum Gasteiger partial charge on any atom is 0.254 e. The van der Waals surface area contributed by atoms with Gasteiger partial charge in [0.2, 0.25) is 5.91 Å². The predicted molar refractivity (Wildman–Crippen MR) is 90.8 cm³/mol. The number of piperazine rings is 1. The second kappa shape index (κ2) is 7.66. The fourth-order valence-electron chi connectivity index (χ4n) is 3.43. The second-order valence-corrected chi connectivity index (χ2v) is 6.62.